The lowest BCUT2D eigenvalue weighted by Crippen LogP contribution is -2.31. The third-order valence-electron chi connectivity index (χ3n) is 2.37. The number of nitrogens with zero attached hydrogens (tertiary/aromatic N) is 2. The number of aliphatic hydroxyl groups is 1. The summed E-state index contributed by atoms with van der Waals surface area (Å²) < 4.78 is 12.9. The van der Waals surface area contributed by atoms with E-state index in [9.17, 15) is 19.1 Å². The van der Waals surface area contributed by atoms with Gasteiger partial charge in [0.15, 0.2) is 0 Å². The zero-order chi connectivity index (χ0) is 11.9. The van der Waals surface area contributed by atoms with E-state index >= 15 is 0 Å². The molecule has 6 heteroatoms. The Bertz CT molecular complexity index is 443. The van der Waals surface area contributed by atoms with Gasteiger partial charge < -0.3 is 5.11 Å². The maximum atomic E-state index is 12.9. The molecule has 1 atom stereocenters. The second kappa shape index (κ2) is 3.57. The molecule has 1 aliphatic rings. The number of carbonyl (C=O) groups excluding carboxylic acids is 2. The number of hydrogen-bond acceptors (Lipinski definition) is 3. The van der Waals surface area contributed by atoms with Crippen LogP contribution in [0.5, 0.6) is 0 Å². The summed E-state index contributed by atoms with van der Waals surface area (Å²) in [5, 5.41) is 9.36. The van der Waals surface area contributed by atoms with E-state index in [0.29, 0.717) is 0 Å². The van der Waals surface area contributed by atoms with E-state index < -0.39 is 24.0 Å². The van der Waals surface area contributed by atoms with E-state index in [-0.39, 0.29) is 5.69 Å². The number of imide groups is 1. The molecule has 0 bridgehead atoms. The first-order chi connectivity index (χ1) is 7.52. The molecule has 0 saturated carbocycles. The summed E-state index contributed by atoms with van der Waals surface area (Å²) in [6.07, 6.45) is -1.50. The molecule has 3 amide bonds. The first kappa shape index (κ1) is 10.6. The largest absolute Gasteiger partial charge is 0.365 e. The number of benzene rings is 1. The number of aliphatic hydroxyl groups excluding tert-OH is 1. The predicted octanol–water partition coefficient (Wildman–Crippen LogP) is 0.542. The Hall–Kier alpha value is -1.95. The molecular weight excluding hydrogens is 215 g/mol. The molecule has 1 saturated heterocycles. The number of urea groups is 1. The second-order valence-electron chi connectivity index (χ2n) is 3.42. The van der Waals surface area contributed by atoms with Crippen molar-refractivity contribution >= 4 is 17.6 Å². The quantitative estimate of drug-likeness (QED) is 0.708. The number of carbonyl (C=O) groups is 2. The lowest BCUT2D eigenvalue weighted by molar-refractivity contribution is -0.128. The fraction of sp³-hybridized carbons (Fsp3) is 0.200. The Balaban J connectivity index is 2.42. The van der Waals surface area contributed by atoms with Gasteiger partial charge in [-0.2, -0.15) is 0 Å². The average Bonchev–Trinajstić information content (AvgIpc) is 2.44. The summed E-state index contributed by atoms with van der Waals surface area (Å²) in [6.45, 7) is 0. The molecule has 0 spiro atoms. The lowest BCUT2D eigenvalue weighted by atomic mass is 10.3. The second-order valence-corrected chi connectivity index (χ2v) is 3.42. The van der Waals surface area contributed by atoms with Gasteiger partial charge in [0.2, 0.25) is 6.23 Å². The number of hydrogen-bond donors (Lipinski definition) is 1. The summed E-state index contributed by atoms with van der Waals surface area (Å²) in [7, 11) is 1.30. The van der Waals surface area contributed by atoms with Crippen LogP contribution in [-0.2, 0) is 4.79 Å². The minimum Gasteiger partial charge on any atom is -0.365 e. The smallest absolute Gasteiger partial charge is 0.333 e. The van der Waals surface area contributed by atoms with E-state index in [1.165, 1.54) is 25.2 Å². The molecular formula is C10H9FN2O3. The Morgan fingerprint density at radius 3 is 2.56 bits per heavy atom. The van der Waals surface area contributed by atoms with Gasteiger partial charge in [-0.05, 0) is 18.2 Å². The average molecular weight is 224 g/mol. The summed E-state index contributed by atoms with van der Waals surface area (Å²) >= 11 is 0. The molecule has 2 rings (SSSR count). The van der Waals surface area contributed by atoms with Crippen molar-refractivity contribution in [2.75, 3.05) is 11.9 Å². The van der Waals surface area contributed by atoms with E-state index in [2.05, 4.69) is 0 Å². The Kier molecular flexibility index (Phi) is 2.35. The first-order valence-electron chi connectivity index (χ1n) is 4.57. The van der Waals surface area contributed by atoms with Crippen LogP contribution >= 0.6 is 0 Å². The van der Waals surface area contributed by atoms with Gasteiger partial charge in [0, 0.05) is 7.05 Å². The number of likely N-dealkylation sites (N-methyl/N-ethyl adjacent to an activating group) is 1. The Labute approximate surface area is 90.7 Å². The SMILES string of the molecule is CN1C(=O)N(c2cccc(F)c2)C(=O)C1O. The third kappa shape index (κ3) is 1.43. The van der Waals surface area contributed by atoms with E-state index in [4.69, 9.17) is 0 Å². The molecule has 0 radical (unpaired) electrons. The molecule has 84 valence electrons. The summed E-state index contributed by atoms with van der Waals surface area (Å²) in [5.41, 5.74) is 0.110. The van der Waals surface area contributed by atoms with Crippen molar-refractivity contribution in [3.8, 4) is 0 Å². The first-order valence-corrected chi connectivity index (χ1v) is 4.57. The van der Waals surface area contributed by atoms with Gasteiger partial charge in [-0.3, -0.25) is 9.69 Å². The monoisotopic (exact) mass is 224 g/mol. The normalized spacial score (nSPS) is 20.8. The van der Waals surface area contributed by atoms with Crippen molar-refractivity contribution in [2.24, 2.45) is 0 Å². The van der Waals surface area contributed by atoms with E-state index in [1.807, 2.05) is 0 Å². The maximum Gasteiger partial charge on any atom is 0.333 e. The minimum absolute atomic E-state index is 0.110. The van der Waals surface area contributed by atoms with Gasteiger partial charge in [0.05, 0.1) is 5.69 Å². The zero-order valence-corrected chi connectivity index (χ0v) is 8.42. The number of amides is 3. The predicted molar refractivity (Wildman–Crippen MR) is 53.1 cm³/mol. The van der Waals surface area contributed by atoms with Crippen molar-refractivity contribution in [2.45, 2.75) is 6.23 Å². The van der Waals surface area contributed by atoms with Crippen LogP contribution in [0.4, 0.5) is 14.9 Å². The summed E-state index contributed by atoms with van der Waals surface area (Å²) in [6, 6.07) is 4.39. The molecule has 0 aliphatic carbocycles. The van der Waals surface area contributed by atoms with Crippen LogP contribution in [0.2, 0.25) is 0 Å². The molecule has 1 fully saturated rings. The fourth-order valence-electron chi connectivity index (χ4n) is 1.49. The molecule has 1 heterocycles. The van der Waals surface area contributed by atoms with Crippen molar-refractivity contribution in [1.29, 1.82) is 0 Å². The Morgan fingerprint density at radius 1 is 1.38 bits per heavy atom. The zero-order valence-electron chi connectivity index (χ0n) is 8.42. The third-order valence-corrected chi connectivity index (χ3v) is 2.37. The van der Waals surface area contributed by atoms with E-state index in [0.717, 1.165) is 15.9 Å². The van der Waals surface area contributed by atoms with Crippen LogP contribution in [0, 0.1) is 5.82 Å². The van der Waals surface area contributed by atoms with Crippen LogP contribution in [0.15, 0.2) is 24.3 Å². The van der Waals surface area contributed by atoms with Crippen molar-refractivity contribution in [3.05, 3.63) is 30.1 Å². The van der Waals surface area contributed by atoms with Crippen LogP contribution < -0.4 is 4.90 Å². The molecule has 5 nitrogen and oxygen atoms in total. The topological polar surface area (TPSA) is 60.9 Å². The number of anilines is 1. The molecule has 1 aromatic rings. The van der Waals surface area contributed by atoms with Gasteiger partial charge in [-0.1, -0.05) is 6.07 Å². The van der Waals surface area contributed by atoms with Crippen LogP contribution in [0.25, 0.3) is 0 Å². The number of rotatable bonds is 1. The highest BCUT2D eigenvalue weighted by Gasteiger charge is 2.42. The maximum absolute atomic E-state index is 12.9. The fourth-order valence-corrected chi connectivity index (χ4v) is 1.49. The lowest BCUT2D eigenvalue weighted by Gasteiger charge is -2.13. The van der Waals surface area contributed by atoms with Gasteiger partial charge in [0.25, 0.3) is 5.91 Å². The molecule has 0 aromatic heterocycles. The van der Waals surface area contributed by atoms with Crippen molar-refractivity contribution < 1.29 is 19.1 Å². The van der Waals surface area contributed by atoms with Gasteiger partial charge >= 0.3 is 6.03 Å². The van der Waals surface area contributed by atoms with Crippen LogP contribution in [0.3, 0.4) is 0 Å². The van der Waals surface area contributed by atoms with Gasteiger partial charge in [-0.25, -0.2) is 14.1 Å². The van der Waals surface area contributed by atoms with Gasteiger partial charge in [-0.15, -0.1) is 0 Å². The highest BCUT2D eigenvalue weighted by atomic mass is 19.1. The Morgan fingerprint density at radius 2 is 2.06 bits per heavy atom. The molecule has 1 N–H and O–H groups in total. The van der Waals surface area contributed by atoms with Gasteiger partial charge in [0.1, 0.15) is 5.82 Å². The number of halogens is 1. The minimum atomic E-state index is -1.50. The highest BCUT2D eigenvalue weighted by Crippen LogP contribution is 2.23. The van der Waals surface area contributed by atoms with Crippen molar-refractivity contribution in [1.82, 2.24) is 4.90 Å². The van der Waals surface area contributed by atoms with Crippen LogP contribution in [0.1, 0.15) is 0 Å². The molecule has 16 heavy (non-hydrogen) atoms. The molecule has 1 aliphatic heterocycles. The molecule has 1 unspecified atom stereocenters. The van der Waals surface area contributed by atoms with Crippen LogP contribution in [-0.4, -0.2) is 35.2 Å². The molecule has 1 aromatic carbocycles. The summed E-state index contributed by atoms with van der Waals surface area (Å²) in [5.74, 6) is -1.33. The standard InChI is InChI=1S/C10H9FN2O3/c1-12-8(14)9(15)13(10(12)16)7-4-2-3-6(11)5-7/h2-5,8,14H,1H3. The van der Waals surface area contributed by atoms with E-state index in [1.54, 1.807) is 0 Å². The summed E-state index contributed by atoms with van der Waals surface area (Å²) in [4.78, 5) is 24.7. The van der Waals surface area contributed by atoms with Crippen molar-refractivity contribution in [3.63, 3.8) is 0 Å². The highest BCUT2D eigenvalue weighted by molar-refractivity contribution is 6.20.